The fourth-order valence-corrected chi connectivity index (χ4v) is 5.40. The maximum Gasteiger partial charge on any atom is 0.356 e. The number of anilines is 2. The number of carbonyl (C=O) groups is 4. The minimum atomic E-state index is -1.18. The molecule has 3 heterocycles. The summed E-state index contributed by atoms with van der Waals surface area (Å²) < 4.78 is 8.04. The van der Waals surface area contributed by atoms with Crippen molar-refractivity contribution in [3.05, 3.63) is 180 Å². The van der Waals surface area contributed by atoms with E-state index in [1.807, 2.05) is 84.9 Å². The molecule has 0 aliphatic heterocycles. The van der Waals surface area contributed by atoms with E-state index in [0.717, 1.165) is 11.1 Å². The van der Waals surface area contributed by atoms with Crippen molar-refractivity contribution in [2.24, 2.45) is 0 Å². The van der Waals surface area contributed by atoms with Gasteiger partial charge in [-0.25, -0.2) is 19.0 Å². The van der Waals surface area contributed by atoms with Crippen LogP contribution in [-0.2, 0) is 4.79 Å². The van der Waals surface area contributed by atoms with Gasteiger partial charge in [0.15, 0.2) is 17.1 Å². The Balaban J connectivity index is 0.000000188. The third-order valence-corrected chi connectivity index (χ3v) is 7.84. The maximum absolute atomic E-state index is 13.4. The molecular weight excluding hydrogens is 676 g/mol. The molecule has 4 N–H and O–H groups in total. The highest BCUT2D eigenvalue weighted by Gasteiger charge is 2.25. The van der Waals surface area contributed by atoms with Crippen LogP contribution < -0.4 is 10.6 Å². The van der Waals surface area contributed by atoms with Gasteiger partial charge in [0.1, 0.15) is 17.4 Å². The third-order valence-electron chi connectivity index (χ3n) is 7.84. The molecule has 0 saturated heterocycles. The van der Waals surface area contributed by atoms with Gasteiger partial charge in [0.05, 0.1) is 17.3 Å². The Kier molecular flexibility index (Phi) is 10.7. The molecule has 0 unspecified atom stereocenters. The summed E-state index contributed by atoms with van der Waals surface area (Å²) in [6, 6.07) is 42.8. The summed E-state index contributed by atoms with van der Waals surface area (Å²) in [5.41, 5.74) is 2.64. The zero-order valence-electron chi connectivity index (χ0n) is 28.2. The number of furan rings is 1. The number of aromatic nitrogens is 4. The molecule has 0 aliphatic rings. The first-order valence-corrected chi connectivity index (χ1v) is 16.2. The normalized spacial score (nSPS) is 10.6. The van der Waals surface area contributed by atoms with Crippen molar-refractivity contribution in [1.82, 2.24) is 19.6 Å². The number of amides is 2. The molecule has 0 bridgehead atoms. The van der Waals surface area contributed by atoms with Gasteiger partial charge in [0.25, 0.3) is 5.91 Å². The number of hydrogen-bond donors (Lipinski definition) is 4. The molecule has 264 valence electrons. The molecule has 0 atom stereocenters. The van der Waals surface area contributed by atoms with Gasteiger partial charge in [-0.3, -0.25) is 9.59 Å². The number of carboxylic acid groups (broad SMARTS) is 2. The van der Waals surface area contributed by atoms with Crippen LogP contribution in [0.5, 0.6) is 0 Å². The van der Waals surface area contributed by atoms with E-state index in [4.69, 9.17) is 9.52 Å². The molecule has 4 aromatic carbocycles. The van der Waals surface area contributed by atoms with Gasteiger partial charge in [0, 0.05) is 12.1 Å². The summed E-state index contributed by atoms with van der Waals surface area (Å²) in [6.45, 7) is 1.73. The van der Waals surface area contributed by atoms with Gasteiger partial charge in [-0.1, -0.05) is 97.1 Å². The number of carboxylic acids is 2. The topological polar surface area (TPSA) is 182 Å². The van der Waals surface area contributed by atoms with E-state index in [0.29, 0.717) is 23.0 Å². The van der Waals surface area contributed by atoms with Crippen LogP contribution >= 0.6 is 0 Å². The maximum atomic E-state index is 13.4. The lowest BCUT2D eigenvalue weighted by Gasteiger charge is -2.18. The molecule has 7 aromatic rings. The second-order valence-electron chi connectivity index (χ2n) is 11.5. The third kappa shape index (κ3) is 8.44. The fourth-order valence-electron chi connectivity index (χ4n) is 5.40. The molecule has 53 heavy (non-hydrogen) atoms. The summed E-state index contributed by atoms with van der Waals surface area (Å²) in [5.74, 6) is -2.37. The van der Waals surface area contributed by atoms with E-state index >= 15 is 0 Å². The smallest absolute Gasteiger partial charge is 0.356 e. The molecule has 0 fully saturated rings. The predicted octanol–water partition coefficient (Wildman–Crippen LogP) is 7.07. The lowest BCUT2D eigenvalue weighted by atomic mass is 9.90. The predicted molar refractivity (Wildman–Crippen MR) is 196 cm³/mol. The average molecular weight is 709 g/mol. The van der Waals surface area contributed by atoms with Crippen LogP contribution in [0.3, 0.4) is 0 Å². The highest BCUT2D eigenvalue weighted by Crippen LogP contribution is 2.27. The SMILES string of the molecule is Cc1ccc(C(=O)Nc2cc(C(=O)O)nn2-c2ccccc2)o1.O=C(O)c1cc(NC(=O)C(c2ccccc2)c2ccccc2)n(-c2ccccc2)n1. The van der Waals surface area contributed by atoms with Gasteiger partial charge in [0.2, 0.25) is 5.91 Å². The lowest BCUT2D eigenvalue weighted by molar-refractivity contribution is -0.116. The second-order valence-corrected chi connectivity index (χ2v) is 11.5. The minimum absolute atomic E-state index is 0.139. The first-order valence-electron chi connectivity index (χ1n) is 16.2. The first kappa shape index (κ1) is 35.3. The number of benzene rings is 4. The van der Waals surface area contributed by atoms with Crippen molar-refractivity contribution < 1.29 is 33.8 Å². The van der Waals surface area contributed by atoms with Crippen LogP contribution in [0.4, 0.5) is 11.6 Å². The summed E-state index contributed by atoms with van der Waals surface area (Å²) in [4.78, 5) is 48.2. The standard InChI is InChI=1S/C24H19N3O3.C16H13N3O4/c28-23(22(17-10-4-1-5-11-17)18-12-6-2-7-13-18)25-21-16-20(24(29)30)26-27(21)19-14-8-3-9-15-19;1-10-7-8-13(23-10)15(20)17-14-9-12(16(21)22)18-19(14)11-5-3-2-4-6-11/h1-16,22H,(H,25,28)(H,29,30);2-9H,1H3,(H,17,20)(H,21,22). The van der Waals surface area contributed by atoms with E-state index in [-0.39, 0.29) is 28.9 Å². The van der Waals surface area contributed by atoms with Crippen molar-refractivity contribution in [3.63, 3.8) is 0 Å². The van der Waals surface area contributed by atoms with Gasteiger partial charge < -0.3 is 25.3 Å². The monoisotopic (exact) mass is 708 g/mol. The molecule has 7 rings (SSSR count). The van der Waals surface area contributed by atoms with Crippen molar-refractivity contribution in [2.75, 3.05) is 10.6 Å². The van der Waals surface area contributed by atoms with Crippen LogP contribution in [0.1, 0.15) is 54.3 Å². The van der Waals surface area contributed by atoms with Crippen molar-refractivity contribution >= 4 is 35.4 Å². The molecule has 13 nitrogen and oxygen atoms in total. The van der Waals surface area contributed by atoms with Crippen molar-refractivity contribution in [3.8, 4) is 11.4 Å². The zero-order chi connectivity index (χ0) is 37.3. The number of carbonyl (C=O) groups excluding carboxylic acids is 2. The summed E-state index contributed by atoms with van der Waals surface area (Å²) >= 11 is 0. The van der Waals surface area contributed by atoms with E-state index in [1.54, 1.807) is 55.5 Å². The number of hydrogen-bond acceptors (Lipinski definition) is 7. The van der Waals surface area contributed by atoms with E-state index in [9.17, 15) is 24.3 Å². The van der Waals surface area contributed by atoms with Crippen LogP contribution in [-0.4, -0.2) is 53.5 Å². The largest absolute Gasteiger partial charge is 0.476 e. The van der Waals surface area contributed by atoms with E-state index in [2.05, 4.69) is 20.8 Å². The molecular formula is C40H32N6O7. The van der Waals surface area contributed by atoms with Crippen LogP contribution in [0.2, 0.25) is 0 Å². The fraction of sp³-hybridized carbons (Fsp3) is 0.0500. The number of aryl methyl sites for hydroxylation is 1. The summed E-state index contributed by atoms with van der Waals surface area (Å²) in [7, 11) is 0. The number of nitrogens with one attached hydrogen (secondary N) is 2. The van der Waals surface area contributed by atoms with Crippen LogP contribution in [0, 0.1) is 6.92 Å². The molecule has 13 heteroatoms. The second kappa shape index (κ2) is 16.0. The van der Waals surface area contributed by atoms with Crippen molar-refractivity contribution in [1.29, 1.82) is 0 Å². The Morgan fingerprint density at radius 1 is 0.585 bits per heavy atom. The Hall–Kier alpha value is -7.54. The molecule has 3 aromatic heterocycles. The Morgan fingerprint density at radius 3 is 1.40 bits per heavy atom. The number of nitrogens with zero attached hydrogens (tertiary/aromatic N) is 4. The van der Waals surface area contributed by atoms with Gasteiger partial charge in [-0.05, 0) is 54.4 Å². The van der Waals surface area contributed by atoms with E-state index < -0.39 is 23.8 Å². The highest BCUT2D eigenvalue weighted by atomic mass is 16.4. The summed E-state index contributed by atoms with van der Waals surface area (Å²) in [6.07, 6.45) is 0. The molecule has 2 amide bonds. The quantitative estimate of drug-likeness (QED) is 0.116. The minimum Gasteiger partial charge on any atom is -0.476 e. The lowest BCUT2D eigenvalue weighted by Crippen LogP contribution is -2.23. The van der Waals surface area contributed by atoms with Crippen LogP contribution in [0.25, 0.3) is 11.4 Å². The number of rotatable bonds is 10. The molecule has 0 aliphatic carbocycles. The van der Waals surface area contributed by atoms with Gasteiger partial charge in [-0.2, -0.15) is 10.2 Å². The van der Waals surface area contributed by atoms with Gasteiger partial charge >= 0.3 is 11.9 Å². The Labute approximate surface area is 302 Å². The number of aromatic carboxylic acids is 2. The highest BCUT2D eigenvalue weighted by molar-refractivity contribution is 6.02. The molecule has 0 spiro atoms. The van der Waals surface area contributed by atoms with E-state index in [1.165, 1.54) is 21.5 Å². The Bertz CT molecular complexity index is 2310. The summed E-state index contributed by atoms with van der Waals surface area (Å²) in [5, 5.41) is 32.1. The van der Waals surface area contributed by atoms with Gasteiger partial charge in [-0.15, -0.1) is 0 Å². The van der Waals surface area contributed by atoms with Crippen molar-refractivity contribution in [2.45, 2.75) is 12.8 Å². The Morgan fingerprint density at radius 2 is 1.00 bits per heavy atom. The number of para-hydroxylation sites is 2. The molecule has 0 saturated carbocycles. The van der Waals surface area contributed by atoms with Crippen LogP contribution in [0.15, 0.2) is 150 Å². The zero-order valence-corrected chi connectivity index (χ0v) is 28.2. The average Bonchev–Trinajstić information content (AvgIpc) is 3.93. The molecule has 0 radical (unpaired) electrons. The first-order chi connectivity index (χ1) is 25.7.